The summed E-state index contributed by atoms with van der Waals surface area (Å²) in [6.45, 7) is 0. The van der Waals surface area contributed by atoms with Crippen molar-refractivity contribution < 1.29 is 9.53 Å². The summed E-state index contributed by atoms with van der Waals surface area (Å²) in [6, 6.07) is 8.43. The summed E-state index contributed by atoms with van der Waals surface area (Å²) >= 11 is 0. The molecule has 0 radical (unpaired) electrons. The molecule has 7 heteroatoms. The number of hydrogen-bond acceptors (Lipinski definition) is 6. The average molecular weight is 269 g/mol. The van der Waals surface area contributed by atoms with Gasteiger partial charge in [-0.25, -0.2) is 10.1 Å². The molecule has 0 aliphatic heterocycles. The highest BCUT2D eigenvalue weighted by molar-refractivity contribution is 6.08. The van der Waals surface area contributed by atoms with Crippen molar-refractivity contribution in [2.24, 2.45) is 10.9 Å². The summed E-state index contributed by atoms with van der Waals surface area (Å²) in [5.41, 5.74) is 0.418. The molecule has 0 amide bonds. The molecule has 1 aromatic carbocycles. The number of aromatic nitrogens is 3. The lowest BCUT2D eigenvalue weighted by Crippen LogP contribution is -2.14. The highest BCUT2D eigenvalue weighted by Gasteiger charge is 2.17. The summed E-state index contributed by atoms with van der Waals surface area (Å²) in [7, 11) is 1.54. The number of methoxy groups -OCH3 is 1. The van der Waals surface area contributed by atoms with Gasteiger partial charge in [0.15, 0.2) is 5.78 Å². The number of rotatable bonds is 5. The van der Waals surface area contributed by atoms with Crippen molar-refractivity contribution in [3.63, 3.8) is 0 Å². The van der Waals surface area contributed by atoms with Crippen LogP contribution < -0.4 is 4.74 Å². The van der Waals surface area contributed by atoms with Gasteiger partial charge in [0.1, 0.15) is 18.0 Å². The molecule has 100 valence electrons. The van der Waals surface area contributed by atoms with Crippen LogP contribution in [0.25, 0.3) is 0 Å². The van der Waals surface area contributed by atoms with Gasteiger partial charge >= 0.3 is 0 Å². The monoisotopic (exact) mass is 269 g/mol. The number of ether oxygens (including phenoxy) is 1. The molecule has 1 N–H and O–H groups in total. The average Bonchev–Trinajstić information content (AvgIpc) is 3.01. The van der Waals surface area contributed by atoms with Gasteiger partial charge in [-0.3, -0.25) is 4.79 Å². The summed E-state index contributed by atoms with van der Waals surface area (Å²) in [6.07, 6.45) is 2.53. The Labute approximate surface area is 114 Å². The Morgan fingerprint density at radius 1 is 1.50 bits per heavy atom. The molecule has 0 fully saturated rings. The van der Waals surface area contributed by atoms with Crippen LogP contribution in [0.15, 0.2) is 35.6 Å². The van der Waals surface area contributed by atoms with Crippen LogP contribution in [0.4, 0.5) is 5.95 Å². The molecule has 1 atom stereocenters. The van der Waals surface area contributed by atoms with E-state index in [1.807, 2.05) is 6.07 Å². The topological polar surface area (TPSA) is 104 Å². The van der Waals surface area contributed by atoms with Crippen molar-refractivity contribution in [1.82, 2.24) is 15.2 Å². The third kappa shape index (κ3) is 3.05. The third-order valence-electron chi connectivity index (χ3n) is 2.54. The van der Waals surface area contributed by atoms with Gasteiger partial charge in [0.05, 0.1) is 13.2 Å². The lowest BCUT2D eigenvalue weighted by molar-refractivity contribution is 0.0976. The van der Waals surface area contributed by atoms with Crippen LogP contribution >= 0.6 is 0 Å². The van der Waals surface area contributed by atoms with Crippen LogP contribution in [0.2, 0.25) is 0 Å². The van der Waals surface area contributed by atoms with Gasteiger partial charge in [-0.1, -0.05) is 0 Å². The van der Waals surface area contributed by atoms with Crippen molar-refractivity contribution in [3.8, 4) is 11.8 Å². The van der Waals surface area contributed by atoms with Crippen molar-refractivity contribution >= 4 is 17.9 Å². The number of aromatic amines is 1. The first-order valence-corrected chi connectivity index (χ1v) is 5.72. The van der Waals surface area contributed by atoms with Gasteiger partial charge < -0.3 is 4.74 Å². The van der Waals surface area contributed by atoms with E-state index in [0.29, 0.717) is 11.3 Å². The first kappa shape index (κ1) is 13.4. The van der Waals surface area contributed by atoms with Crippen molar-refractivity contribution in [1.29, 1.82) is 5.26 Å². The molecule has 1 heterocycles. The standard InChI is InChI=1S/C13H11N5O2/c1-20-11-4-2-9(3-5-11)12(19)10(6-14)7-15-13-16-8-17-18-13/h2-5,7-8,10H,1H3,(H,16,17,18)/t10-/m0/s1. The quantitative estimate of drug-likeness (QED) is 0.654. The number of Topliss-reactive ketones (excluding diaryl/α,β-unsaturated/α-hetero) is 1. The molecule has 0 saturated heterocycles. The second-order valence-electron chi connectivity index (χ2n) is 3.79. The molecular weight excluding hydrogens is 258 g/mol. The molecule has 7 nitrogen and oxygen atoms in total. The zero-order chi connectivity index (χ0) is 14.4. The van der Waals surface area contributed by atoms with Crippen LogP contribution in [-0.4, -0.2) is 34.3 Å². The molecule has 2 aromatic rings. The summed E-state index contributed by atoms with van der Waals surface area (Å²) in [5.74, 6) is -0.426. The smallest absolute Gasteiger partial charge is 0.244 e. The van der Waals surface area contributed by atoms with Crippen LogP contribution in [0.5, 0.6) is 5.75 Å². The number of aliphatic imine (C=N–C) groups is 1. The fourth-order valence-electron chi connectivity index (χ4n) is 1.50. The first-order valence-electron chi connectivity index (χ1n) is 5.72. The lowest BCUT2D eigenvalue weighted by Gasteiger charge is -2.04. The highest BCUT2D eigenvalue weighted by atomic mass is 16.5. The predicted octanol–water partition coefficient (Wildman–Crippen LogP) is 1.54. The van der Waals surface area contributed by atoms with E-state index < -0.39 is 5.92 Å². The van der Waals surface area contributed by atoms with Crippen LogP contribution in [0.3, 0.4) is 0 Å². The summed E-state index contributed by atoms with van der Waals surface area (Å²) in [5, 5.41) is 15.2. The van der Waals surface area contributed by atoms with Gasteiger partial charge in [0, 0.05) is 11.8 Å². The number of nitrogens with zero attached hydrogens (tertiary/aromatic N) is 4. The predicted molar refractivity (Wildman–Crippen MR) is 71.0 cm³/mol. The molecule has 0 spiro atoms. The van der Waals surface area contributed by atoms with E-state index in [0.717, 1.165) is 0 Å². The Kier molecular flexibility index (Phi) is 4.19. The van der Waals surface area contributed by atoms with E-state index in [1.165, 1.54) is 12.5 Å². The van der Waals surface area contributed by atoms with E-state index in [1.54, 1.807) is 31.4 Å². The second kappa shape index (κ2) is 6.24. The normalized spacial score (nSPS) is 12.0. The van der Waals surface area contributed by atoms with Gasteiger partial charge in [0.25, 0.3) is 0 Å². The van der Waals surface area contributed by atoms with Crippen molar-refractivity contribution in [2.75, 3.05) is 7.11 Å². The van der Waals surface area contributed by atoms with E-state index >= 15 is 0 Å². The maximum atomic E-state index is 12.1. The van der Waals surface area contributed by atoms with Crippen LogP contribution in [0.1, 0.15) is 10.4 Å². The van der Waals surface area contributed by atoms with Gasteiger partial charge in [-0.05, 0) is 24.3 Å². The first-order chi connectivity index (χ1) is 9.74. The number of ketones is 1. The third-order valence-corrected chi connectivity index (χ3v) is 2.54. The molecule has 0 saturated carbocycles. The van der Waals surface area contributed by atoms with Crippen LogP contribution in [-0.2, 0) is 0 Å². The van der Waals surface area contributed by atoms with E-state index in [2.05, 4.69) is 20.2 Å². The van der Waals surface area contributed by atoms with E-state index in [-0.39, 0.29) is 11.7 Å². The van der Waals surface area contributed by atoms with Crippen molar-refractivity contribution in [2.45, 2.75) is 0 Å². The number of carbonyl (C=O) groups excluding carboxylic acids is 1. The van der Waals surface area contributed by atoms with Gasteiger partial charge in [-0.2, -0.15) is 15.3 Å². The van der Waals surface area contributed by atoms with Gasteiger partial charge in [-0.15, -0.1) is 0 Å². The Morgan fingerprint density at radius 3 is 2.80 bits per heavy atom. The Hall–Kier alpha value is -3.01. The van der Waals surface area contributed by atoms with Crippen molar-refractivity contribution in [3.05, 3.63) is 36.2 Å². The fourth-order valence-corrected chi connectivity index (χ4v) is 1.50. The Balaban J connectivity index is 2.14. The molecular formula is C13H11N5O2. The Bertz CT molecular complexity index is 640. The number of hydrogen-bond donors (Lipinski definition) is 1. The number of nitriles is 1. The molecule has 1 aromatic heterocycles. The van der Waals surface area contributed by atoms with E-state index in [9.17, 15) is 4.79 Å². The minimum Gasteiger partial charge on any atom is -0.497 e. The minimum absolute atomic E-state index is 0.243. The second-order valence-corrected chi connectivity index (χ2v) is 3.79. The summed E-state index contributed by atoms with van der Waals surface area (Å²) < 4.78 is 5.01. The van der Waals surface area contributed by atoms with Crippen LogP contribution in [0, 0.1) is 17.2 Å². The zero-order valence-corrected chi connectivity index (χ0v) is 10.6. The SMILES string of the molecule is COc1ccc(C(=O)[C@@H](C#N)C=Nc2ncn[nH]2)cc1. The minimum atomic E-state index is -0.978. The summed E-state index contributed by atoms with van der Waals surface area (Å²) in [4.78, 5) is 19.8. The molecule has 20 heavy (non-hydrogen) atoms. The number of carbonyl (C=O) groups is 1. The molecule has 2 rings (SSSR count). The molecule has 0 aliphatic rings. The lowest BCUT2D eigenvalue weighted by atomic mass is 10.00. The number of benzene rings is 1. The molecule has 0 bridgehead atoms. The van der Waals surface area contributed by atoms with E-state index in [4.69, 9.17) is 10.00 Å². The Morgan fingerprint density at radius 2 is 2.25 bits per heavy atom. The fraction of sp³-hybridized carbons (Fsp3) is 0.154. The molecule has 0 aliphatic carbocycles. The number of nitrogens with one attached hydrogen (secondary N) is 1. The maximum absolute atomic E-state index is 12.1. The highest BCUT2D eigenvalue weighted by Crippen LogP contribution is 2.14. The molecule has 0 unspecified atom stereocenters. The maximum Gasteiger partial charge on any atom is 0.244 e. The number of H-pyrrole nitrogens is 1. The largest absolute Gasteiger partial charge is 0.497 e. The van der Waals surface area contributed by atoms with Gasteiger partial charge in [0.2, 0.25) is 5.95 Å². The zero-order valence-electron chi connectivity index (χ0n) is 10.6.